The maximum Gasteiger partial charge on any atom is 0.277 e. The standard InChI is InChI=1S/C22H27N3O5S/c1-16-4-5-17(2)21(14-16)30-15-22(26)24-23-18(3)19-6-8-20(9-7-19)31(27,28)25-10-12-29-13-11-25/h4-9,14H,10-13,15H2,1-3H3,(H,24,26)/b23-18+. The van der Waals surface area contributed by atoms with Crippen molar-refractivity contribution in [2.45, 2.75) is 25.7 Å². The molecule has 2 aromatic rings. The molecule has 1 amide bonds. The van der Waals surface area contributed by atoms with Crippen LogP contribution in [0.2, 0.25) is 0 Å². The van der Waals surface area contributed by atoms with Gasteiger partial charge in [-0.2, -0.15) is 9.41 Å². The number of sulfonamides is 1. The molecule has 0 unspecified atom stereocenters. The molecule has 1 aliphatic rings. The minimum atomic E-state index is -3.54. The first-order valence-electron chi connectivity index (χ1n) is 9.99. The van der Waals surface area contributed by atoms with Crippen LogP contribution in [-0.2, 0) is 19.6 Å². The number of rotatable bonds is 7. The molecule has 0 saturated carbocycles. The number of hydrogen-bond donors (Lipinski definition) is 1. The summed E-state index contributed by atoms with van der Waals surface area (Å²) < 4.78 is 37.6. The third kappa shape index (κ3) is 5.90. The highest BCUT2D eigenvalue weighted by molar-refractivity contribution is 7.89. The third-order valence-corrected chi connectivity index (χ3v) is 6.84. The van der Waals surface area contributed by atoms with Crippen LogP contribution in [0, 0.1) is 13.8 Å². The molecule has 0 spiro atoms. The maximum atomic E-state index is 12.7. The molecule has 8 nitrogen and oxygen atoms in total. The summed E-state index contributed by atoms with van der Waals surface area (Å²) in [6.45, 7) is 6.94. The van der Waals surface area contributed by atoms with Gasteiger partial charge in [-0.15, -0.1) is 0 Å². The quantitative estimate of drug-likeness (QED) is 0.521. The van der Waals surface area contributed by atoms with Gasteiger partial charge in [0.05, 0.1) is 23.8 Å². The van der Waals surface area contributed by atoms with Crippen LogP contribution < -0.4 is 10.2 Å². The van der Waals surface area contributed by atoms with Gasteiger partial charge >= 0.3 is 0 Å². The predicted octanol–water partition coefficient (Wildman–Crippen LogP) is 2.24. The number of carbonyl (C=O) groups excluding carboxylic acids is 1. The highest BCUT2D eigenvalue weighted by atomic mass is 32.2. The Hall–Kier alpha value is -2.75. The fourth-order valence-corrected chi connectivity index (χ4v) is 4.46. The van der Waals surface area contributed by atoms with Crippen LogP contribution in [0.4, 0.5) is 0 Å². The van der Waals surface area contributed by atoms with E-state index in [1.54, 1.807) is 31.2 Å². The van der Waals surface area contributed by atoms with E-state index < -0.39 is 10.0 Å². The first-order chi connectivity index (χ1) is 14.8. The molecule has 3 rings (SSSR count). The van der Waals surface area contributed by atoms with Crippen LogP contribution in [0.5, 0.6) is 5.75 Å². The Morgan fingerprint density at radius 2 is 1.81 bits per heavy atom. The molecule has 2 aromatic carbocycles. The van der Waals surface area contributed by atoms with Gasteiger partial charge in [-0.3, -0.25) is 4.79 Å². The number of aryl methyl sites for hydroxylation is 2. The summed E-state index contributed by atoms with van der Waals surface area (Å²) in [6.07, 6.45) is 0. The van der Waals surface area contributed by atoms with E-state index >= 15 is 0 Å². The van der Waals surface area contributed by atoms with Crippen molar-refractivity contribution in [1.29, 1.82) is 0 Å². The summed E-state index contributed by atoms with van der Waals surface area (Å²) in [6, 6.07) is 12.2. The fourth-order valence-electron chi connectivity index (χ4n) is 3.05. The van der Waals surface area contributed by atoms with Gasteiger partial charge < -0.3 is 9.47 Å². The zero-order valence-corrected chi connectivity index (χ0v) is 18.7. The van der Waals surface area contributed by atoms with Gasteiger partial charge in [0.1, 0.15) is 5.75 Å². The zero-order chi connectivity index (χ0) is 22.4. The van der Waals surface area contributed by atoms with Crippen molar-refractivity contribution in [3.63, 3.8) is 0 Å². The van der Waals surface area contributed by atoms with Gasteiger partial charge in [0.2, 0.25) is 10.0 Å². The van der Waals surface area contributed by atoms with Gasteiger partial charge in [-0.05, 0) is 55.7 Å². The summed E-state index contributed by atoms with van der Waals surface area (Å²) in [5.41, 5.74) is 5.72. The highest BCUT2D eigenvalue weighted by Crippen LogP contribution is 2.19. The smallest absolute Gasteiger partial charge is 0.277 e. The number of carbonyl (C=O) groups is 1. The molecular weight excluding hydrogens is 418 g/mol. The molecule has 1 N–H and O–H groups in total. The number of hydrazone groups is 1. The highest BCUT2D eigenvalue weighted by Gasteiger charge is 2.26. The lowest BCUT2D eigenvalue weighted by Crippen LogP contribution is -2.40. The van der Waals surface area contributed by atoms with Crippen LogP contribution >= 0.6 is 0 Å². The Morgan fingerprint density at radius 1 is 1.13 bits per heavy atom. The van der Waals surface area contributed by atoms with E-state index in [1.807, 2.05) is 32.0 Å². The van der Waals surface area contributed by atoms with Crippen LogP contribution in [0.3, 0.4) is 0 Å². The Labute approximate surface area is 182 Å². The summed E-state index contributed by atoms with van der Waals surface area (Å²) in [5, 5.41) is 4.09. The summed E-state index contributed by atoms with van der Waals surface area (Å²) >= 11 is 0. The average Bonchev–Trinajstić information content (AvgIpc) is 2.78. The molecule has 166 valence electrons. The number of benzene rings is 2. The molecule has 0 aromatic heterocycles. The van der Waals surface area contributed by atoms with Crippen molar-refractivity contribution in [1.82, 2.24) is 9.73 Å². The second kappa shape index (κ2) is 10.0. The minimum absolute atomic E-state index is 0.155. The van der Waals surface area contributed by atoms with E-state index in [0.29, 0.717) is 43.3 Å². The van der Waals surface area contributed by atoms with Gasteiger partial charge in [0.15, 0.2) is 6.61 Å². The van der Waals surface area contributed by atoms with Crippen molar-refractivity contribution in [3.05, 3.63) is 59.2 Å². The number of morpholine rings is 1. The first-order valence-corrected chi connectivity index (χ1v) is 11.4. The van der Waals surface area contributed by atoms with E-state index in [0.717, 1.165) is 11.1 Å². The van der Waals surface area contributed by atoms with Crippen LogP contribution in [0.15, 0.2) is 52.5 Å². The first kappa shape index (κ1) is 22.9. The topological polar surface area (TPSA) is 97.3 Å². The van der Waals surface area contributed by atoms with Crippen LogP contribution in [0.1, 0.15) is 23.6 Å². The van der Waals surface area contributed by atoms with Crippen LogP contribution in [-0.4, -0.2) is 57.3 Å². The van der Waals surface area contributed by atoms with Gasteiger partial charge in [-0.25, -0.2) is 13.8 Å². The molecule has 1 aliphatic heterocycles. The second-order valence-corrected chi connectivity index (χ2v) is 9.27. The molecule has 1 fully saturated rings. The van der Waals surface area contributed by atoms with Crippen molar-refractivity contribution >= 4 is 21.6 Å². The van der Waals surface area contributed by atoms with E-state index in [1.165, 1.54) is 4.31 Å². The molecule has 1 saturated heterocycles. The van der Waals surface area contributed by atoms with Gasteiger partial charge in [-0.1, -0.05) is 24.3 Å². The number of nitrogens with zero attached hydrogens (tertiary/aromatic N) is 2. The predicted molar refractivity (Wildman–Crippen MR) is 118 cm³/mol. The molecule has 31 heavy (non-hydrogen) atoms. The molecule has 0 aliphatic carbocycles. The Morgan fingerprint density at radius 3 is 2.48 bits per heavy atom. The lowest BCUT2D eigenvalue weighted by Gasteiger charge is -2.26. The molecule has 1 heterocycles. The number of ether oxygens (including phenoxy) is 2. The van der Waals surface area contributed by atoms with Crippen molar-refractivity contribution in [2.24, 2.45) is 5.10 Å². The SMILES string of the molecule is C/C(=N\NC(=O)COc1cc(C)ccc1C)c1ccc(S(=O)(=O)N2CCOCC2)cc1. The van der Waals surface area contributed by atoms with Crippen LogP contribution in [0.25, 0.3) is 0 Å². The van der Waals surface area contributed by atoms with Crippen molar-refractivity contribution in [3.8, 4) is 5.75 Å². The summed E-state index contributed by atoms with van der Waals surface area (Å²) in [4.78, 5) is 12.3. The lowest BCUT2D eigenvalue weighted by molar-refractivity contribution is -0.123. The van der Waals surface area contributed by atoms with E-state index in [-0.39, 0.29) is 17.4 Å². The summed E-state index contributed by atoms with van der Waals surface area (Å²) in [5.74, 6) is 0.277. The molecular formula is C22H27N3O5S. The van der Waals surface area contributed by atoms with E-state index in [9.17, 15) is 13.2 Å². The van der Waals surface area contributed by atoms with Crippen molar-refractivity contribution in [2.75, 3.05) is 32.9 Å². The number of hydrogen-bond acceptors (Lipinski definition) is 6. The third-order valence-electron chi connectivity index (χ3n) is 4.93. The monoisotopic (exact) mass is 445 g/mol. The number of nitrogens with one attached hydrogen (secondary N) is 1. The van der Waals surface area contributed by atoms with Gasteiger partial charge in [0, 0.05) is 13.1 Å². The Balaban J connectivity index is 1.58. The van der Waals surface area contributed by atoms with E-state index in [4.69, 9.17) is 9.47 Å². The normalized spacial score (nSPS) is 15.5. The largest absolute Gasteiger partial charge is 0.483 e. The minimum Gasteiger partial charge on any atom is -0.483 e. The zero-order valence-electron chi connectivity index (χ0n) is 17.9. The Bertz CT molecular complexity index is 1060. The maximum absolute atomic E-state index is 12.7. The van der Waals surface area contributed by atoms with E-state index in [2.05, 4.69) is 10.5 Å². The molecule has 0 radical (unpaired) electrons. The van der Waals surface area contributed by atoms with Crippen molar-refractivity contribution < 1.29 is 22.7 Å². The average molecular weight is 446 g/mol. The summed E-state index contributed by atoms with van der Waals surface area (Å²) in [7, 11) is -3.54. The molecule has 0 bridgehead atoms. The second-order valence-electron chi connectivity index (χ2n) is 7.33. The number of amides is 1. The Kier molecular flexibility index (Phi) is 7.42. The lowest BCUT2D eigenvalue weighted by atomic mass is 10.1. The molecule has 9 heteroatoms. The molecule has 0 atom stereocenters. The van der Waals surface area contributed by atoms with Gasteiger partial charge in [0.25, 0.3) is 5.91 Å². The fraction of sp³-hybridized carbons (Fsp3) is 0.364.